The molecule has 3 aromatic rings. The third-order valence-electron chi connectivity index (χ3n) is 14.8. The van der Waals surface area contributed by atoms with Crippen LogP contribution in [-0.4, -0.2) is 51.8 Å². The fourth-order valence-electron chi connectivity index (χ4n) is 10.7. The first-order chi connectivity index (χ1) is 30.6. The van der Waals surface area contributed by atoms with Gasteiger partial charge in [-0.2, -0.15) is 0 Å². The average Bonchev–Trinajstić information content (AvgIpc) is 3.99. The molecule has 5 heterocycles. The largest absolute Gasteiger partial charge is 0.510 e. The molecule has 2 aliphatic heterocycles. The minimum atomic E-state index is -0.994. The van der Waals surface area contributed by atoms with Crippen LogP contribution in [0.2, 0.25) is 0 Å². The van der Waals surface area contributed by atoms with Crippen molar-refractivity contribution < 1.29 is 24.2 Å². The van der Waals surface area contributed by atoms with Gasteiger partial charge in [-0.25, -0.2) is 0 Å². The Labute approximate surface area is 382 Å². The predicted octanol–water partition coefficient (Wildman–Crippen LogP) is 9.37. The first kappa shape index (κ1) is 48.5. The van der Waals surface area contributed by atoms with Crippen molar-refractivity contribution in [3.63, 3.8) is 0 Å². The Balaban J connectivity index is 1.21. The molecule has 1 saturated heterocycles. The van der Waals surface area contributed by atoms with Gasteiger partial charge in [-0.1, -0.05) is 105 Å². The van der Waals surface area contributed by atoms with Gasteiger partial charge in [-0.05, 0) is 129 Å². The summed E-state index contributed by atoms with van der Waals surface area (Å²) in [4.78, 5) is 38.2. The van der Waals surface area contributed by atoms with Crippen LogP contribution in [-0.2, 0) is 25.5 Å². The van der Waals surface area contributed by atoms with Crippen LogP contribution in [0.25, 0.3) is 35.6 Å². The minimum Gasteiger partial charge on any atom is -0.510 e. The number of carbonyl (C=O) groups is 2. The molecule has 3 aliphatic rings. The summed E-state index contributed by atoms with van der Waals surface area (Å²) in [6, 6.07) is -0.395. The van der Waals surface area contributed by atoms with E-state index < -0.39 is 17.9 Å². The van der Waals surface area contributed by atoms with Crippen molar-refractivity contribution in [1.29, 1.82) is 0 Å². The molecule has 348 valence electrons. The molecule has 5 N–H and O–H groups in total. The maximum Gasteiger partial charge on any atom is 0.320 e. The highest BCUT2D eigenvalue weighted by molar-refractivity contribution is 5.95. The maximum absolute atomic E-state index is 13.7. The molecule has 3 aromatic heterocycles. The van der Waals surface area contributed by atoms with Crippen LogP contribution in [0.3, 0.4) is 0 Å². The quantitative estimate of drug-likeness (QED) is 0.0568. The Morgan fingerprint density at radius 3 is 2.16 bits per heavy atom. The van der Waals surface area contributed by atoms with Crippen LogP contribution in [0.5, 0.6) is 0 Å². The third kappa shape index (κ3) is 10.6. The van der Waals surface area contributed by atoms with Crippen LogP contribution in [0, 0.1) is 56.3 Å². The van der Waals surface area contributed by atoms with Crippen molar-refractivity contribution in [3.05, 3.63) is 90.1 Å². The SMILES string of the molecule is C=Cc1c2[nH]c(c1C)/C=C1\NC(C3=c4[nH]c(c(C)c4=C(O)[C@H]3C(=O)OC)/C=c3\[nH]/c(c(C)c3CC)=C\2)[C@@H](CCC(=O)OC/C=C(\C)CCC[C@H](C)CCC[C@H](C)CCCC(C)C)[C@@H]1C. The highest BCUT2D eigenvalue weighted by Gasteiger charge is 2.47. The van der Waals surface area contributed by atoms with Crippen molar-refractivity contribution in [2.24, 2.45) is 35.5 Å². The number of hydrogen-bond donors (Lipinski definition) is 5. The van der Waals surface area contributed by atoms with Crippen molar-refractivity contribution in [3.8, 4) is 0 Å². The summed E-state index contributed by atoms with van der Waals surface area (Å²) in [6.45, 7) is 26.6. The van der Waals surface area contributed by atoms with Gasteiger partial charge < -0.3 is 34.8 Å². The first-order valence-corrected chi connectivity index (χ1v) is 24.4. The Morgan fingerprint density at radius 2 is 1.50 bits per heavy atom. The van der Waals surface area contributed by atoms with Gasteiger partial charge in [0.05, 0.1) is 18.5 Å². The van der Waals surface area contributed by atoms with Gasteiger partial charge in [0.15, 0.2) is 0 Å². The fraction of sp³-hybridized carbons (Fsp3) is 0.564. The highest BCUT2D eigenvalue weighted by atomic mass is 16.5. The number of fused-ring (bicyclic) bond motifs is 8. The van der Waals surface area contributed by atoms with E-state index in [1.54, 1.807) is 0 Å². The molecule has 1 aliphatic carbocycles. The molecule has 1 fully saturated rings. The van der Waals surface area contributed by atoms with E-state index in [0.717, 1.165) is 98.1 Å². The molecule has 8 bridgehead atoms. The zero-order chi connectivity index (χ0) is 46.4. The molecule has 6 atom stereocenters. The number of ether oxygens (including phenoxy) is 2. The van der Waals surface area contributed by atoms with Gasteiger partial charge in [0.25, 0.3) is 0 Å². The molecule has 6 rings (SSSR count). The number of aromatic amines is 3. The smallest absolute Gasteiger partial charge is 0.320 e. The summed E-state index contributed by atoms with van der Waals surface area (Å²) >= 11 is 0. The number of carbonyl (C=O) groups excluding carboxylic acids is 2. The molecular formula is C55H78N4O5. The molecule has 1 unspecified atom stereocenters. The molecule has 0 radical (unpaired) electrons. The molecular weight excluding hydrogens is 797 g/mol. The van der Waals surface area contributed by atoms with E-state index in [4.69, 9.17) is 9.47 Å². The van der Waals surface area contributed by atoms with E-state index in [0.29, 0.717) is 11.6 Å². The standard InChI is InChI=1S/C55H78N4O5/c1-13-39-35(8)42-28-44-37(10)41(24-25-48(60)64-27-26-34(7)23-17-22-33(6)21-16-20-32(5)19-15-18-31(3)4)52(58-44)50-51(55(62)63-12)54(61)49-38(11)45(59-53(49)50)30-47-40(14-2)36(9)43(57-47)29-46(39)56-42/h13,26,28-33,37,41,51-52,56-59,61H,1,14-25,27H2,2-12H3/b34-26+,43-29-,44-28-,47-30-/t32-,33-,37+,41+,51+,52?/m1/s1. The maximum atomic E-state index is 13.7. The van der Waals surface area contributed by atoms with Crippen molar-refractivity contribution in [1.82, 2.24) is 20.3 Å². The Kier molecular flexibility index (Phi) is 16.2. The van der Waals surface area contributed by atoms with Gasteiger partial charge in [-0.15, -0.1) is 0 Å². The second-order valence-corrected chi connectivity index (χ2v) is 19.9. The normalized spacial score (nSPS) is 22.0. The average molecular weight is 875 g/mol. The first-order valence-electron chi connectivity index (χ1n) is 24.4. The van der Waals surface area contributed by atoms with Crippen LogP contribution >= 0.6 is 0 Å². The lowest BCUT2D eigenvalue weighted by atomic mass is 9.80. The van der Waals surface area contributed by atoms with Gasteiger partial charge in [0, 0.05) is 56.6 Å². The molecule has 0 aromatic carbocycles. The number of nitrogens with one attached hydrogen (secondary N) is 4. The predicted molar refractivity (Wildman–Crippen MR) is 263 cm³/mol. The van der Waals surface area contributed by atoms with Crippen molar-refractivity contribution in [2.75, 3.05) is 13.7 Å². The van der Waals surface area contributed by atoms with E-state index in [1.807, 2.05) is 13.0 Å². The van der Waals surface area contributed by atoms with E-state index in [9.17, 15) is 14.7 Å². The Bertz CT molecular complexity index is 2510. The topological polar surface area (TPSA) is 132 Å². The van der Waals surface area contributed by atoms with E-state index in [2.05, 4.69) is 113 Å². The number of H-pyrrole nitrogens is 3. The van der Waals surface area contributed by atoms with E-state index in [-0.39, 0.29) is 36.6 Å². The zero-order valence-corrected chi connectivity index (χ0v) is 40.9. The molecule has 0 saturated carbocycles. The number of hydrogen-bond acceptors (Lipinski definition) is 6. The highest BCUT2D eigenvalue weighted by Crippen LogP contribution is 2.42. The van der Waals surface area contributed by atoms with Gasteiger partial charge in [0.1, 0.15) is 18.3 Å². The summed E-state index contributed by atoms with van der Waals surface area (Å²) in [5.41, 5.74) is 11.1. The molecule has 0 spiro atoms. The third-order valence-corrected chi connectivity index (χ3v) is 14.8. The second-order valence-electron chi connectivity index (χ2n) is 19.9. The zero-order valence-electron chi connectivity index (χ0n) is 40.9. The van der Waals surface area contributed by atoms with Crippen molar-refractivity contribution >= 4 is 47.6 Å². The number of aliphatic hydroxyl groups is 1. The fourth-order valence-corrected chi connectivity index (χ4v) is 10.7. The minimum absolute atomic E-state index is 0.0153. The van der Waals surface area contributed by atoms with Gasteiger partial charge >= 0.3 is 11.9 Å². The summed E-state index contributed by atoms with van der Waals surface area (Å²) in [6.07, 6.45) is 23.3. The van der Waals surface area contributed by atoms with Crippen LogP contribution < -0.4 is 26.6 Å². The molecule has 0 amide bonds. The Morgan fingerprint density at radius 1 is 0.844 bits per heavy atom. The monoisotopic (exact) mass is 875 g/mol. The lowest BCUT2D eigenvalue weighted by Gasteiger charge is -2.26. The lowest BCUT2D eigenvalue weighted by molar-refractivity contribution is -0.143. The summed E-state index contributed by atoms with van der Waals surface area (Å²) < 4.78 is 11.2. The molecule has 9 heteroatoms. The number of aliphatic hydroxyl groups excluding tert-OH is 1. The second kappa shape index (κ2) is 21.4. The molecule has 64 heavy (non-hydrogen) atoms. The molecule has 9 nitrogen and oxygen atoms in total. The number of allylic oxidation sites excluding steroid dienone is 2. The van der Waals surface area contributed by atoms with Gasteiger partial charge in [0.2, 0.25) is 0 Å². The number of aromatic nitrogens is 3. The lowest BCUT2D eigenvalue weighted by Crippen LogP contribution is -2.38. The number of esters is 2. The number of methoxy groups -OCH3 is 1. The van der Waals surface area contributed by atoms with Crippen molar-refractivity contribution in [2.45, 2.75) is 152 Å². The number of rotatable bonds is 20. The Hall–Kier alpha value is -4.92. The summed E-state index contributed by atoms with van der Waals surface area (Å²) in [5, 5.41) is 19.1. The summed E-state index contributed by atoms with van der Waals surface area (Å²) in [7, 11) is 1.36. The van der Waals surface area contributed by atoms with E-state index in [1.165, 1.54) is 68.8 Å². The van der Waals surface area contributed by atoms with Crippen LogP contribution in [0.15, 0.2) is 23.9 Å². The van der Waals surface area contributed by atoms with Crippen LogP contribution in [0.4, 0.5) is 0 Å². The van der Waals surface area contributed by atoms with Gasteiger partial charge in [-0.3, -0.25) is 9.59 Å². The van der Waals surface area contributed by atoms with E-state index >= 15 is 0 Å². The summed E-state index contributed by atoms with van der Waals surface area (Å²) in [5.74, 6) is 0.433. The van der Waals surface area contributed by atoms with Crippen LogP contribution in [0.1, 0.15) is 164 Å².